The first-order valence-corrected chi connectivity index (χ1v) is 12.1. The summed E-state index contributed by atoms with van der Waals surface area (Å²) in [5.41, 5.74) is 2.65. The third-order valence-electron chi connectivity index (χ3n) is 5.93. The van der Waals surface area contributed by atoms with Crippen LogP contribution in [0.2, 0.25) is 5.02 Å². The van der Waals surface area contributed by atoms with Gasteiger partial charge in [0.15, 0.2) is 5.11 Å². The summed E-state index contributed by atoms with van der Waals surface area (Å²) in [5, 5.41) is 4.36. The number of ether oxygens (including phenoxy) is 1. The van der Waals surface area contributed by atoms with Crippen LogP contribution in [0.15, 0.2) is 78.9 Å². The van der Waals surface area contributed by atoms with Crippen LogP contribution in [0, 0.1) is 0 Å². The average molecular weight is 508 g/mol. The molecule has 3 aromatic rings. The van der Waals surface area contributed by atoms with Crippen LogP contribution in [0.1, 0.15) is 17.5 Å². The molecule has 1 fully saturated rings. The fraction of sp³-hybridized carbons (Fsp3) is 0.222. The number of benzene rings is 3. The molecule has 6 nitrogen and oxygen atoms in total. The zero-order valence-corrected chi connectivity index (χ0v) is 20.9. The van der Waals surface area contributed by atoms with Gasteiger partial charge in [-0.1, -0.05) is 54.1 Å². The Labute approximate surface area is 215 Å². The summed E-state index contributed by atoms with van der Waals surface area (Å²) >= 11 is 11.7. The number of amides is 2. The van der Waals surface area contributed by atoms with E-state index in [0.29, 0.717) is 41.1 Å². The molecule has 180 valence electrons. The maximum Gasteiger partial charge on any atom is 0.257 e. The molecule has 1 saturated heterocycles. The highest BCUT2D eigenvalue weighted by atomic mass is 35.5. The van der Waals surface area contributed by atoms with Crippen LogP contribution in [0.5, 0.6) is 5.75 Å². The van der Waals surface area contributed by atoms with Gasteiger partial charge in [-0.15, -0.1) is 0 Å². The molecular weight excluding hydrogens is 482 g/mol. The summed E-state index contributed by atoms with van der Waals surface area (Å²) in [5.74, 6) is 0.105. The third kappa shape index (κ3) is 5.99. The molecule has 0 bridgehead atoms. The molecule has 0 aliphatic carbocycles. The maximum absolute atomic E-state index is 13.5. The van der Waals surface area contributed by atoms with Crippen LogP contribution in [0.4, 0.5) is 5.69 Å². The van der Waals surface area contributed by atoms with Crippen molar-refractivity contribution in [2.75, 3.05) is 18.6 Å². The molecule has 1 heterocycles. The largest absolute Gasteiger partial charge is 0.497 e. The van der Waals surface area contributed by atoms with Crippen LogP contribution >= 0.6 is 23.8 Å². The van der Waals surface area contributed by atoms with Gasteiger partial charge in [0.25, 0.3) is 5.91 Å². The molecule has 1 atom stereocenters. The Morgan fingerprint density at radius 2 is 1.71 bits per heavy atom. The number of rotatable bonds is 8. The lowest BCUT2D eigenvalue weighted by atomic mass is 10.1. The van der Waals surface area contributed by atoms with Crippen LogP contribution < -0.4 is 15.0 Å². The molecule has 0 radical (unpaired) electrons. The standard InChI is InChI=1S/C27H26ClN3O3S/c1-34-23-13-11-22(12-14-23)31-25(32)17-24(26(31)33)30(16-15-19-7-9-21(28)10-8-19)27(35)29-18-20-5-3-2-4-6-20/h2-14,24H,15-18H2,1H3,(H,29,35). The van der Waals surface area contributed by atoms with Gasteiger partial charge in [-0.25, -0.2) is 4.90 Å². The number of anilines is 1. The minimum absolute atomic E-state index is 0.0542. The number of nitrogens with one attached hydrogen (secondary N) is 1. The van der Waals surface area contributed by atoms with E-state index in [4.69, 9.17) is 28.6 Å². The van der Waals surface area contributed by atoms with E-state index in [1.807, 2.05) is 59.5 Å². The van der Waals surface area contributed by atoms with Crippen molar-refractivity contribution in [3.05, 3.63) is 95.0 Å². The predicted octanol–water partition coefficient (Wildman–Crippen LogP) is 4.60. The monoisotopic (exact) mass is 507 g/mol. The van der Waals surface area contributed by atoms with Crippen LogP contribution in [-0.2, 0) is 22.6 Å². The smallest absolute Gasteiger partial charge is 0.257 e. The van der Waals surface area contributed by atoms with Gasteiger partial charge >= 0.3 is 0 Å². The van der Waals surface area contributed by atoms with E-state index in [0.717, 1.165) is 11.1 Å². The zero-order valence-electron chi connectivity index (χ0n) is 19.3. The fourth-order valence-corrected chi connectivity index (χ4v) is 4.45. The predicted molar refractivity (Wildman–Crippen MR) is 142 cm³/mol. The molecule has 35 heavy (non-hydrogen) atoms. The van der Waals surface area contributed by atoms with Crippen molar-refractivity contribution in [1.82, 2.24) is 10.2 Å². The molecule has 4 rings (SSSR count). The van der Waals surface area contributed by atoms with E-state index in [2.05, 4.69) is 5.32 Å². The second-order valence-corrected chi connectivity index (χ2v) is 9.02. The molecule has 0 aromatic heterocycles. The molecule has 1 aliphatic heterocycles. The normalized spacial score (nSPS) is 15.3. The number of hydrogen-bond donors (Lipinski definition) is 1. The van der Waals surface area contributed by atoms with E-state index in [-0.39, 0.29) is 18.2 Å². The van der Waals surface area contributed by atoms with Crippen molar-refractivity contribution in [2.24, 2.45) is 0 Å². The van der Waals surface area contributed by atoms with Crippen molar-refractivity contribution in [3.8, 4) is 5.75 Å². The Morgan fingerprint density at radius 3 is 2.37 bits per heavy atom. The van der Waals surface area contributed by atoms with E-state index >= 15 is 0 Å². The molecule has 1 aliphatic rings. The highest BCUT2D eigenvalue weighted by molar-refractivity contribution is 7.80. The highest BCUT2D eigenvalue weighted by Crippen LogP contribution is 2.28. The Bertz CT molecular complexity index is 1190. The maximum atomic E-state index is 13.5. The molecule has 0 saturated carbocycles. The molecule has 0 spiro atoms. The number of nitrogens with zero attached hydrogens (tertiary/aromatic N) is 2. The third-order valence-corrected chi connectivity index (χ3v) is 6.56. The van der Waals surface area contributed by atoms with Gasteiger partial charge in [0.1, 0.15) is 11.8 Å². The number of carbonyl (C=O) groups is 2. The molecule has 1 N–H and O–H groups in total. The summed E-state index contributed by atoms with van der Waals surface area (Å²) in [6, 6.07) is 23.7. The summed E-state index contributed by atoms with van der Waals surface area (Å²) in [6.07, 6.45) is 0.698. The zero-order chi connectivity index (χ0) is 24.8. The van der Waals surface area contributed by atoms with Gasteiger partial charge in [0.05, 0.1) is 19.2 Å². The minimum atomic E-state index is -0.687. The number of halogens is 1. The molecular formula is C27H26ClN3O3S. The first-order valence-electron chi connectivity index (χ1n) is 11.3. The SMILES string of the molecule is COc1ccc(N2C(=O)CC(N(CCc3ccc(Cl)cc3)C(=S)NCc3ccccc3)C2=O)cc1. The van der Waals surface area contributed by atoms with E-state index < -0.39 is 6.04 Å². The van der Waals surface area contributed by atoms with Gasteiger partial charge in [0.2, 0.25) is 5.91 Å². The number of imide groups is 1. The van der Waals surface area contributed by atoms with E-state index in [9.17, 15) is 9.59 Å². The number of thiocarbonyl (C=S) groups is 1. The van der Waals surface area contributed by atoms with Gasteiger partial charge in [0, 0.05) is 18.1 Å². The summed E-state index contributed by atoms with van der Waals surface area (Å²) in [4.78, 5) is 29.5. The lowest BCUT2D eigenvalue weighted by Crippen LogP contribution is -2.50. The summed E-state index contributed by atoms with van der Waals surface area (Å²) in [6.45, 7) is 0.997. The van der Waals surface area contributed by atoms with Gasteiger partial charge in [-0.2, -0.15) is 0 Å². The first-order chi connectivity index (χ1) is 17.0. The van der Waals surface area contributed by atoms with Crippen molar-refractivity contribution in [2.45, 2.75) is 25.4 Å². The Balaban J connectivity index is 1.53. The fourth-order valence-electron chi connectivity index (χ4n) is 4.04. The van der Waals surface area contributed by atoms with Gasteiger partial charge in [-0.3, -0.25) is 9.59 Å². The Kier molecular flexibility index (Phi) is 8.00. The highest BCUT2D eigenvalue weighted by Gasteiger charge is 2.43. The molecule has 1 unspecified atom stereocenters. The topological polar surface area (TPSA) is 61.9 Å². The van der Waals surface area contributed by atoms with Crippen molar-refractivity contribution in [3.63, 3.8) is 0 Å². The number of hydrogen-bond acceptors (Lipinski definition) is 4. The van der Waals surface area contributed by atoms with Crippen molar-refractivity contribution < 1.29 is 14.3 Å². The Morgan fingerprint density at radius 1 is 1.03 bits per heavy atom. The second-order valence-electron chi connectivity index (χ2n) is 8.20. The molecule has 3 aromatic carbocycles. The van der Waals surface area contributed by atoms with E-state index in [1.165, 1.54) is 4.90 Å². The summed E-state index contributed by atoms with van der Waals surface area (Å²) < 4.78 is 5.19. The van der Waals surface area contributed by atoms with Crippen LogP contribution in [-0.4, -0.2) is 41.5 Å². The molecule has 8 heteroatoms. The van der Waals surface area contributed by atoms with Crippen LogP contribution in [0.25, 0.3) is 0 Å². The van der Waals surface area contributed by atoms with E-state index in [1.54, 1.807) is 31.4 Å². The average Bonchev–Trinajstić information content (AvgIpc) is 3.18. The number of carbonyl (C=O) groups excluding carboxylic acids is 2. The van der Waals surface area contributed by atoms with Gasteiger partial charge in [-0.05, 0) is 66.2 Å². The number of methoxy groups -OCH3 is 1. The Hall–Kier alpha value is -3.42. The quantitative estimate of drug-likeness (QED) is 0.355. The second kappa shape index (κ2) is 11.3. The minimum Gasteiger partial charge on any atom is -0.497 e. The van der Waals surface area contributed by atoms with Crippen molar-refractivity contribution in [1.29, 1.82) is 0 Å². The lowest BCUT2D eigenvalue weighted by molar-refractivity contribution is -0.122. The molecule has 2 amide bonds. The van der Waals surface area contributed by atoms with Crippen molar-refractivity contribution >= 4 is 46.4 Å². The first kappa shape index (κ1) is 24.7. The lowest BCUT2D eigenvalue weighted by Gasteiger charge is -2.30. The van der Waals surface area contributed by atoms with Crippen LogP contribution in [0.3, 0.4) is 0 Å². The van der Waals surface area contributed by atoms with Gasteiger partial charge < -0.3 is 15.0 Å². The summed E-state index contributed by atoms with van der Waals surface area (Å²) in [7, 11) is 1.57.